The molecule has 0 aliphatic rings. The lowest BCUT2D eigenvalue weighted by atomic mass is 10.1. The Kier molecular flexibility index (Phi) is 4.12. The number of nitrogens with zero attached hydrogens (tertiary/aromatic N) is 1. The van der Waals surface area contributed by atoms with Crippen LogP contribution in [0.25, 0.3) is 22.8 Å². The molecule has 4 nitrogen and oxygen atoms in total. The van der Waals surface area contributed by atoms with Crippen molar-refractivity contribution in [2.75, 3.05) is 7.11 Å². The van der Waals surface area contributed by atoms with E-state index in [1.165, 1.54) is 25.3 Å². The molecule has 0 unspecified atom stereocenters. The summed E-state index contributed by atoms with van der Waals surface area (Å²) >= 11 is 6.03. The van der Waals surface area contributed by atoms with Gasteiger partial charge in [-0.1, -0.05) is 48.0 Å². The summed E-state index contributed by atoms with van der Waals surface area (Å²) in [5.41, 5.74) is 0.591. The van der Waals surface area contributed by atoms with E-state index in [0.717, 1.165) is 0 Å². The standard InChI is InChI=1S/C17H11ClFNO3/c1-22-17(21)14-15(10-6-3-2-4-7-10)23-16(20-14)13-11(18)8-5-9-12(13)19/h2-9H,1H3. The third kappa shape index (κ3) is 2.83. The van der Waals surface area contributed by atoms with E-state index in [0.29, 0.717) is 5.56 Å². The van der Waals surface area contributed by atoms with Gasteiger partial charge in [0.25, 0.3) is 0 Å². The summed E-state index contributed by atoms with van der Waals surface area (Å²) in [6.07, 6.45) is 0. The molecule has 0 saturated carbocycles. The minimum Gasteiger partial charge on any atom is -0.464 e. The van der Waals surface area contributed by atoms with E-state index >= 15 is 0 Å². The lowest BCUT2D eigenvalue weighted by Crippen LogP contribution is -2.03. The molecule has 0 bridgehead atoms. The number of carbonyl (C=O) groups excluding carboxylic acids is 1. The van der Waals surface area contributed by atoms with Gasteiger partial charge < -0.3 is 9.15 Å². The minimum absolute atomic E-state index is 0.00139. The van der Waals surface area contributed by atoms with Gasteiger partial charge in [0.2, 0.25) is 5.89 Å². The number of esters is 1. The van der Waals surface area contributed by atoms with Gasteiger partial charge in [0.05, 0.1) is 17.7 Å². The van der Waals surface area contributed by atoms with Crippen LogP contribution in [0, 0.1) is 5.82 Å². The first-order valence-corrected chi connectivity index (χ1v) is 7.08. The highest BCUT2D eigenvalue weighted by atomic mass is 35.5. The van der Waals surface area contributed by atoms with E-state index in [-0.39, 0.29) is 27.9 Å². The van der Waals surface area contributed by atoms with E-state index in [2.05, 4.69) is 4.98 Å². The van der Waals surface area contributed by atoms with Gasteiger partial charge in [-0.2, -0.15) is 0 Å². The van der Waals surface area contributed by atoms with E-state index in [9.17, 15) is 9.18 Å². The zero-order valence-corrected chi connectivity index (χ0v) is 12.8. The molecule has 0 spiro atoms. The zero-order valence-electron chi connectivity index (χ0n) is 12.0. The van der Waals surface area contributed by atoms with Crippen molar-refractivity contribution in [3.8, 4) is 22.8 Å². The molecule has 0 radical (unpaired) electrons. The molecule has 1 heterocycles. The fourth-order valence-electron chi connectivity index (χ4n) is 2.15. The number of halogens is 2. The molecule has 0 N–H and O–H groups in total. The van der Waals surface area contributed by atoms with Crippen LogP contribution in [0.15, 0.2) is 52.9 Å². The summed E-state index contributed by atoms with van der Waals surface area (Å²) in [4.78, 5) is 16.0. The molecule has 1 aromatic heterocycles. The largest absolute Gasteiger partial charge is 0.464 e. The molecular weight excluding hydrogens is 321 g/mol. The maximum absolute atomic E-state index is 14.1. The van der Waals surface area contributed by atoms with Gasteiger partial charge in [0.1, 0.15) is 5.82 Å². The predicted molar refractivity (Wildman–Crippen MR) is 83.7 cm³/mol. The lowest BCUT2D eigenvalue weighted by molar-refractivity contribution is 0.0595. The maximum Gasteiger partial charge on any atom is 0.360 e. The van der Waals surface area contributed by atoms with Crippen LogP contribution in [-0.2, 0) is 4.74 Å². The normalized spacial score (nSPS) is 10.6. The van der Waals surface area contributed by atoms with Gasteiger partial charge in [0, 0.05) is 5.56 Å². The van der Waals surface area contributed by atoms with Crippen LogP contribution in [-0.4, -0.2) is 18.1 Å². The molecule has 0 amide bonds. The summed E-state index contributed by atoms with van der Waals surface area (Å²) in [5.74, 6) is -1.14. The molecule has 3 rings (SSSR count). The summed E-state index contributed by atoms with van der Waals surface area (Å²) in [6.45, 7) is 0. The van der Waals surface area contributed by atoms with Gasteiger partial charge in [-0.15, -0.1) is 0 Å². The molecule has 0 saturated heterocycles. The van der Waals surface area contributed by atoms with Crippen molar-refractivity contribution in [1.29, 1.82) is 0 Å². The number of carbonyl (C=O) groups is 1. The Morgan fingerprint density at radius 3 is 2.57 bits per heavy atom. The fraction of sp³-hybridized carbons (Fsp3) is 0.0588. The van der Waals surface area contributed by atoms with E-state index in [1.807, 2.05) is 6.07 Å². The van der Waals surface area contributed by atoms with E-state index < -0.39 is 11.8 Å². The Labute approximate surface area is 136 Å². The molecule has 2 aromatic carbocycles. The second-order valence-corrected chi connectivity index (χ2v) is 5.06. The number of benzene rings is 2. The molecule has 6 heteroatoms. The second kappa shape index (κ2) is 6.22. The Morgan fingerprint density at radius 1 is 1.17 bits per heavy atom. The maximum atomic E-state index is 14.1. The summed E-state index contributed by atoms with van der Waals surface area (Å²) in [7, 11) is 1.24. The van der Waals surface area contributed by atoms with Crippen LogP contribution in [0.2, 0.25) is 5.02 Å². The van der Waals surface area contributed by atoms with Crippen molar-refractivity contribution in [3.63, 3.8) is 0 Å². The van der Waals surface area contributed by atoms with E-state index in [4.69, 9.17) is 20.8 Å². The van der Waals surface area contributed by atoms with Gasteiger partial charge >= 0.3 is 5.97 Å². The number of oxazole rings is 1. The number of hydrogen-bond donors (Lipinski definition) is 0. The summed E-state index contributed by atoms with van der Waals surface area (Å²) in [5, 5.41) is 0.141. The SMILES string of the molecule is COC(=O)c1nc(-c2c(F)cccc2Cl)oc1-c1ccccc1. The number of hydrogen-bond acceptors (Lipinski definition) is 4. The Bertz CT molecular complexity index is 841. The quantitative estimate of drug-likeness (QED) is 0.659. The molecular formula is C17H11ClFNO3. The highest BCUT2D eigenvalue weighted by Gasteiger charge is 2.25. The first-order valence-electron chi connectivity index (χ1n) is 6.70. The van der Waals surface area contributed by atoms with Crippen LogP contribution in [0.4, 0.5) is 4.39 Å². The predicted octanol–water partition coefficient (Wildman–Crippen LogP) is 4.59. The van der Waals surface area contributed by atoms with Crippen molar-refractivity contribution in [3.05, 3.63) is 65.1 Å². The zero-order chi connectivity index (χ0) is 16.4. The number of aromatic nitrogens is 1. The van der Waals surface area contributed by atoms with E-state index in [1.54, 1.807) is 24.3 Å². The molecule has 0 aliphatic carbocycles. The molecule has 0 fully saturated rings. The Balaban J connectivity index is 2.22. The third-order valence-corrected chi connectivity index (χ3v) is 3.53. The van der Waals surface area contributed by atoms with Gasteiger partial charge in [-0.3, -0.25) is 0 Å². The van der Waals surface area contributed by atoms with Gasteiger partial charge in [-0.25, -0.2) is 14.2 Å². The van der Waals surface area contributed by atoms with Crippen LogP contribution >= 0.6 is 11.6 Å². The smallest absolute Gasteiger partial charge is 0.360 e. The van der Waals surface area contributed by atoms with Crippen LogP contribution in [0.3, 0.4) is 0 Å². The summed E-state index contributed by atoms with van der Waals surface area (Å²) in [6, 6.07) is 13.1. The minimum atomic E-state index is -0.675. The van der Waals surface area contributed by atoms with Gasteiger partial charge in [0.15, 0.2) is 11.5 Å². The monoisotopic (exact) mass is 331 g/mol. The molecule has 3 aromatic rings. The molecule has 0 aliphatic heterocycles. The topological polar surface area (TPSA) is 52.3 Å². The highest BCUT2D eigenvalue weighted by molar-refractivity contribution is 6.33. The van der Waals surface area contributed by atoms with Crippen molar-refractivity contribution >= 4 is 17.6 Å². The first-order chi connectivity index (χ1) is 11.1. The molecule has 23 heavy (non-hydrogen) atoms. The van der Waals surface area contributed by atoms with Crippen molar-refractivity contribution in [1.82, 2.24) is 4.98 Å². The fourth-order valence-corrected chi connectivity index (χ4v) is 2.39. The Morgan fingerprint density at radius 2 is 1.91 bits per heavy atom. The number of rotatable bonds is 3. The van der Waals surface area contributed by atoms with Crippen LogP contribution in [0.1, 0.15) is 10.5 Å². The molecule has 0 atom stereocenters. The van der Waals surface area contributed by atoms with Crippen LogP contribution in [0.5, 0.6) is 0 Å². The molecule has 116 valence electrons. The van der Waals surface area contributed by atoms with Crippen molar-refractivity contribution in [2.24, 2.45) is 0 Å². The average molecular weight is 332 g/mol. The Hall–Kier alpha value is -2.66. The third-order valence-electron chi connectivity index (χ3n) is 3.22. The number of methoxy groups -OCH3 is 1. The van der Waals surface area contributed by atoms with Crippen molar-refractivity contribution in [2.45, 2.75) is 0 Å². The lowest BCUT2D eigenvalue weighted by Gasteiger charge is -2.00. The first kappa shape index (κ1) is 15.2. The highest BCUT2D eigenvalue weighted by Crippen LogP contribution is 2.34. The van der Waals surface area contributed by atoms with Gasteiger partial charge in [-0.05, 0) is 12.1 Å². The van der Waals surface area contributed by atoms with Crippen LogP contribution < -0.4 is 0 Å². The summed E-state index contributed by atoms with van der Waals surface area (Å²) < 4.78 is 24.4. The average Bonchev–Trinajstić information content (AvgIpc) is 2.99. The second-order valence-electron chi connectivity index (χ2n) is 4.65. The van der Waals surface area contributed by atoms with Crippen molar-refractivity contribution < 1.29 is 18.3 Å². The number of ether oxygens (including phenoxy) is 1.